The molecule has 4 aromatic rings. The van der Waals surface area contributed by atoms with Crippen molar-refractivity contribution in [2.24, 2.45) is 4.99 Å². The standard InChI is InChI=1S/C31H28F3N5O3S/c1-19(7-16-26(40)36-30-39(27(41)17-43-30)28-20(2)5-4-6-21(28)3)22-8-10-23(11-9-22)29-35-18-38(37-29)24-12-14-25(15-13-24)42-31(32,33)34/h4-6,8-15,18-19H,7,16-17H2,1-3H3. The van der Waals surface area contributed by atoms with Gasteiger partial charge < -0.3 is 4.74 Å². The van der Waals surface area contributed by atoms with Crippen LogP contribution in [0.25, 0.3) is 17.1 Å². The fraction of sp³-hybridized carbons (Fsp3) is 0.258. The number of aromatic nitrogens is 3. The Morgan fingerprint density at radius 2 is 1.72 bits per heavy atom. The molecule has 12 heteroatoms. The van der Waals surface area contributed by atoms with Crippen molar-refractivity contribution in [3.05, 3.63) is 89.7 Å². The number of rotatable bonds is 8. The van der Waals surface area contributed by atoms with E-state index in [0.29, 0.717) is 23.1 Å². The number of aliphatic imine (C=N–C) groups is 1. The first-order valence-corrected chi connectivity index (χ1v) is 14.5. The first-order valence-electron chi connectivity index (χ1n) is 13.5. The Morgan fingerprint density at radius 3 is 2.37 bits per heavy atom. The van der Waals surface area contributed by atoms with Crippen LogP contribution < -0.4 is 9.64 Å². The second-order valence-corrected chi connectivity index (χ2v) is 11.1. The first kappa shape index (κ1) is 30.0. The third-order valence-corrected chi connectivity index (χ3v) is 7.93. The van der Waals surface area contributed by atoms with Gasteiger partial charge in [-0.05, 0) is 67.1 Å². The molecule has 8 nitrogen and oxygen atoms in total. The average molecular weight is 608 g/mol. The van der Waals surface area contributed by atoms with Crippen molar-refractivity contribution in [1.82, 2.24) is 14.8 Å². The number of amidine groups is 1. The van der Waals surface area contributed by atoms with E-state index in [1.165, 1.54) is 47.0 Å². The number of ether oxygens (including phenoxy) is 1. The van der Waals surface area contributed by atoms with Crippen molar-refractivity contribution in [2.75, 3.05) is 10.7 Å². The smallest absolute Gasteiger partial charge is 0.406 e. The largest absolute Gasteiger partial charge is 0.573 e. The second kappa shape index (κ2) is 12.4. The van der Waals surface area contributed by atoms with Gasteiger partial charge in [0, 0.05) is 12.0 Å². The lowest BCUT2D eigenvalue weighted by Gasteiger charge is -2.20. The number of hydrogen-bond donors (Lipinski definition) is 0. The van der Waals surface area contributed by atoms with Gasteiger partial charge in [-0.1, -0.05) is 61.2 Å². The quantitative estimate of drug-likeness (QED) is 0.214. The molecule has 1 aromatic heterocycles. The molecule has 3 aromatic carbocycles. The Morgan fingerprint density at radius 1 is 1.05 bits per heavy atom. The fourth-order valence-corrected chi connectivity index (χ4v) is 5.64. The van der Waals surface area contributed by atoms with Gasteiger partial charge >= 0.3 is 6.36 Å². The molecule has 0 radical (unpaired) electrons. The van der Waals surface area contributed by atoms with Crippen LogP contribution in [0.15, 0.2) is 78.0 Å². The van der Waals surface area contributed by atoms with Gasteiger partial charge in [-0.2, -0.15) is 4.99 Å². The highest BCUT2D eigenvalue weighted by Gasteiger charge is 2.32. The summed E-state index contributed by atoms with van der Waals surface area (Å²) in [5, 5.41) is 4.85. The SMILES string of the molecule is Cc1cccc(C)c1N1C(=O)CSC1=NC(=O)CCC(C)c1ccc(-c2ncn(-c3ccc(OC(F)(F)F)cc3)n2)cc1. The maximum Gasteiger partial charge on any atom is 0.573 e. The number of carbonyl (C=O) groups excluding carboxylic acids is 2. The number of anilines is 1. The Labute approximate surface area is 250 Å². The van der Waals surface area contributed by atoms with E-state index in [9.17, 15) is 22.8 Å². The summed E-state index contributed by atoms with van der Waals surface area (Å²) in [4.78, 5) is 35.6. The summed E-state index contributed by atoms with van der Waals surface area (Å²) in [6.45, 7) is 5.91. The number of thioether (sulfide) groups is 1. The van der Waals surface area contributed by atoms with Crippen LogP contribution in [0.2, 0.25) is 0 Å². The Balaban J connectivity index is 1.20. The summed E-state index contributed by atoms with van der Waals surface area (Å²) in [6, 6.07) is 18.8. The molecule has 1 saturated heterocycles. The summed E-state index contributed by atoms with van der Waals surface area (Å²) in [6.07, 6.45) is -2.45. The summed E-state index contributed by atoms with van der Waals surface area (Å²) >= 11 is 1.28. The van der Waals surface area contributed by atoms with Crippen molar-refractivity contribution < 1.29 is 27.5 Å². The van der Waals surface area contributed by atoms with Crippen LogP contribution >= 0.6 is 11.8 Å². The van der Waals surface area contributed by atoms with Crippen molar-refractivity contribution in [2.45, 2.75) is 45.9 Å². The van der Waals surface area contributed by atoms with Crippen LogP contribution in [-0.4, -0.2) is 43.9 Å². The van der Waals surface area contributed by atoms with Crippen molar-refractivity contribution >= 4 is 34.4 Å². The van der Waals surface area contributed by atoms with E-state index >= 15 is 0 Å². The third-order valence-electron chi connectivity index (χ3n) is 7.00. The summed E-state index contributed by atoms with van der Waals surface area (Å²) < 4.78 is 42.6. The lowest BCUT2D eigenvalue weighted by Crippen LogP contribution is -2.31. The van der Waals surface area contributed by atoms with Gasteiger partial charge in [0.05, 0.1) is 17.1 Å². The Bertz CT molecular complexity index is 1650. The van der Waals surface area contributed by atoms with Crippen molar-refractivity contribution in [1.29, 1.82) is 0 Å². The van der Waals surface area contributed by atoms with Gasteiger partial charge in [-0.3, -0.25) is 14.5 Å². The van der Waals surface area contributed by atoms with Crippen LogP contribution in [0.3, 0.4) is 0 Å². The van der Waals surface area contributed by atoms with Crippen molar-refractivity contribution in [3.8, 4) is 22.8 Å². The number of hydrogen-bond acceptors (Lipinski definition) is 6. The molecule has 1 aliphatic rings. The summed E-state index contributed by atoms with van der Waals surface area (Å²) in [7, 11) is 0. The molecule has 1 unspecified atom stereocenters. The number of benzene rings is 3. The van der Waals surface area contributed by atoms with Crippen LogP contribution in [0.1, 0.15) is 42.4 Å². The fourth-order valence-electron chi connectivity index (χ4n) is 4.77. The van der Waals surface area contributed by atoms with E-state index in [1.807, 2.05) is 63.2 Å². The average Bonchev–Trinajstić information content (AvgIpc) is 3.59. The van der Waals surface area contributed by atoms with Crippen molar-refractivity contribution in [3.63, 3.8) is 0 Å². The van der Waals surface area contributed by atoms with Crippen LogP contribution in [0.5, 0.6) is 5.75 Å². The van der Waals surface area contributed by atoms with Gasteiger partial charge in [0.1, 0.15) is 12.1 Å². The minimum atomic E-state index is -4.76. The number of alkyl halides is 3. The minimum absolute atomic E-state index is 0.0775. The number of aryl methyl sites for hydroxylation is 2. The number of carbonyl (C=O) groups is 2. The van der Waals surface area contributed by atoms with Gasteiger partial charge in [-0.25, -0.2) is 9.67 Å². The summed E-state index contributed by atoms with van der Waals surface area (Å²) in [5.74, 6) is 0.104. The van der Waals surface area contributed by atoms with E-state index in [-0.39, 0.29) is 35.7 Å². The Hall–Kier alpha value is -4.45. The molecule has 0 N–H and O–H groups in total. The molecule has 0 aliphatic carbocycles. The molecule has 0 bridgehead atoms. The number of nitrogens with zero attached hydrogens (tertiary/aromatic N) is 5. The molecule has 1 fully saturated rings. The normalized spacial score (nSPS) is 15.3. The summed E-state index contributed by atoms with van der Waals surface area (Å²) in [5.41, 5.74) is 5.01. The molecule has 222 valence electrons. The zero-order valence-electron chi connectivity index (χ0n) is 23.6. The molecule has 1 aliphatic heterocycles. The maximum atomic E-state index is 12.8. The van der Waals surface area contributed by atoms with Crippen LogP contribution in [0.4, 0.5) is 18.9 Å². The minimum Gasteiger partial charge on any atom is -0.406 e. The predicted octanol–water partition coefficient (Wildman–Crippen LogP) is 7.00. The number of amides is 2. The lowest BCUT2D eigenvalue weighted by atomic mass is 9.95. The zero-order chi connectivity index (χ0) is 30.7. The topological polar surface area (TPSA) is 89.7 Å². The predicted molar refractivity (Wildman–Crippen MR) is 159 cm³/mol. The maximum absolute atomic E-state index is 12.8. The highest BCUT2D eigenvalue weighted by Crippen LogP contribution is 2.32. The van der Waals surface area contributed by atoms with E-state index in [4.69, 9.17) is 0 Å². The molecule has 2 amide bonds. The van der Waals surface area contributed by atoms with Gasteiger partial charge in [0.2, 0.25) is 11.8 Å². The monoisotopic (exact) mass is 607 g/mol. The molecular weight excluding hydrogens is 579 g/mol. The molecule has 2 heterocycles. The highest BCUT2D eigenvalue weighted by atomic mass is 32.2. The van der Waals surface area contributed by atoms with E-state index in [1.54, 1.807) is 4.90 Å². The van der Waals surface area contributed by atoms with E-state index < -0.39 is 6.36 Å². The third kappa shape index (κ3) is 7.14. The lowest BCUT2D eigenvalue weighted by molar-refractivity contribution is -0.274. The van der Waals surface area contributed by atoms with E-state index in [2.05, 4.69) is 19.8 Å². The van der Waals surface area contributed by atoms with E-state index in [0.717, 1.165) is 27.9 Å². The molecule has 0 saturated carbocycles. The van der Waals surface area contributed by atoms with Crippen LogP contribution in [-0.2, 0) is 9.59 Å². The molecular formula is C31H28F3N5O3S. The Kier molecular flexibility index (Phi) is 8.67. The molecule has 0 spiro atoms. The molecule has 43 heavy (non-hydrogen) atoms. The number of para-hydroxylation sites is 1. The van der Waals surface area contributed by atoms with Gasteiger partial charge in [0.25, 0.3) is 0 Å². The highest BCUT2D eigenvalue weighted by molar-refractivity contribution is 8.15. The second-order valence-electron chi connectivity index (χ2n) is 10.2. The van der Waals surface area contributed by atoms with Crippen LogP contribution in [0, 0.1) is 13.8 Å². The zero-order valence-corrected chi connectivity index (χ0v) is 24.4. The van der Waals surface area contributed by atoms with Gasteiger partial charge in [0.15, 0.2) is 11.0 Å². The number of halogens is 3. The van der Waals surface area contributed by atoms with Gasteiger partial charge in [-0.15, -0.1) is 18.3 Å². The first-order chi connectivity index (χ1) is 20.5. The molecule has 5 rings (SSSR count). The molecule has 1 atom stereocenters.